The van der Waals surface area contributed by atoms with Crippen molar-refractivity contribution in [3.05, 3.63) is 0 Å². The predicted molar refractivity (Wildman–Crippen MR) is 72.1 cm³/mol. The molecule has 2 unspecified atom stereocenters. The van der Waals surface area contributed by atoms with Gasteiger partial charge in [0.15, 0.2) is 0 Å². The van der Waals surface area contributed by atoms with Crippen molar-refractivity contribution in [3.8, 4) is 0 Å². The summed E-state index contributed by atoms with van der Waals surface area (Å²) in [5.74, 6) is 1.97. The lowest BCUT2D eigenvalue weighted by atomic mass is 9.84. The van der Waals surface area contributed by atoms with Crippen LogP contribution in [0, 0.1) is 11.8 Å². The van der Waals surface area contributed by atoms with E-state index in [9.17, 15) is 0 Å². The molecular formula is C15H28N2. The molecule has 1 aliphatic heterocycles. The molecule has 0 radical (unpaired) electrons. The molecule has 98 valence electrons. The van der Waals surface area contributed by atoms with Gasteiger partial charge in [0.2, 0.25) is 0 Å². The van der Waals surface area contributed by atoms with E-state index in [0.717, 1.165) is 17.9 Å². The van der Waals surface area contributed by atoms with Crippen LogP contribution in [0.15, 0.2) is 0 Å². The Kier molecular flexibility index (Phi) is 3.20. The molecule has 1 N–H and O–H groups in total. The van der Waals surface area contributed by atoms with Gasteiger partial charge in [-0.1, -0.05) is 6.42 Å². The van der Waals surface area contributed by atoms with Crippen molar-refractivity contribution >= 4 is 0 Å². The SMILES string of the molecule is CC1CCNC(C)(C2CC2)CN1CC1CCC1. The van der Waals surface area contributed by atoms with E-state index in [1.165, 1.54) is 58.2 Å². The summed E-state index contributed by atoms with van der Waals surface area (Å²) in [4.78, 5) is 2.79. The smallest absolute Gasteiger partial charge is 0.0308 e. The summed E-state index contributed by atoms with van der Waals surface area (Å²) in [6, 6.07) is 0.781. The topological polar surface area (TPSA) is 15.3 Å². The van der Waals surface area contributed by atoms with Gasteiger partial charge in [0.1, 0.15) is 0 Å². The molecule has 0 aromatic heterocycles. The van der Waals surface area contributed by atoms with Crippen LogP contribution in [0.5, 0.6) is 0 Å². The van der Waals surface area contributed by atoms with Crippen molar-refractivity contribution in [2.24, 2.45) is 11.8 Å². The summed E-state index contributed by atoms with van der Waals surface area (Å²) >= 11 is 0. The molecule has 2 nitrogen and oxygen atoms in total. The Morgan fingerprint density at radius 3 is 2.53 bits per heavy atom. The Morgan fingerprint density at radius 2 is 1.94 bits per heavy atom. The average Bonchev–Trinajstić information content (AvgIpc) is 3.03. The van der Waals surface area contributed by atoms with Crippen LogP contribution in [0.4, 0.5) is 0 Å². The molecule has 1 heterocycles. The standard InChI is InChI=1S/C15H28N2/c1-12-8-9-16-15(2,14-6-7-14)11-17(12)10-13-4-3-5-13/h12-14,16H,3-11H2,1-2H3. The van der Waals surface area contributed by atoms with Gasteiger partial charge in [0.25, 0.3) is 0 Å². The lowest BCUT2D eigenvalue weighted by Gasteiger charge is -2.39. The van der Waals surface area contributed by atoms with E-state index in [4.69, 9.17) is 0 Å². The van der Waals surface area contributed by atoms with Gasteiger partial charge >= 0.3 is 0 Å². The minimum atomic E-state index is 0.411. The van der Waals surface area contributed by atoms with Gasteiger partial charge in [-0.25, -0.2) is 0 Å². The molecule has 2 aliphatic carbocycles. The van der Waals surface area contributed by atoms with Crippen molar-refractivity contribution in [2.75, 3.05) is 19.6 Å². The van der Waals surface area contributed by atoms with E-state index < -0.39 is 0 Å². The fourth-order valence-corrected chi connectivity index (χ4v) is 3.63. The summed E-state index contributed by atoms with van der Waals surface area (Å²) in [5, 5.41) is 3.85. The third-order valence-corrected chi connectivity index (χ3v) is 5.44. The zero-order valence-corrected chi connectivity index (χ0v) is 11.5. The van der Waals surface area contributed by atoms with Crippen LogP contribution in [-0.2, 0) is 0 Å². The number of nitrogens with one attached hydrogen (secondary N) is 1. The Morgan fingerprint density at radius 1 is 1.18 bits per heavy atom. The molecule has 3 fully saturated rings. The molecule has 3 rings (SSSR count). The van der Waals surface area contributed by atoms with Crippen molar-refractivity contribution in [1.82, 2.24) is 10.2 Å². The lowest BCUT2D eigenvalue weighted by molar-refractivity contribution is 0.114. The van der Waals surface area contributed by atoms with Gasteiger partial charge in [-0.15, -0.1) is 0 Å². The molecule has 0 bridgehead atoms. The second kappa shape index (κ2) is 4.55. The Hall–Kier alpha value is -0.0800. The summed E-state index contributed by atoms with van der Waals surface area (Å²) in [6.45, 7) is 8.77. The minimum Gasteiger partial charge on any atom is -0.310 e. The van der Waals surface area contributed by atoms with Crippen LogP contribution in [0.2, 0.25) is 0 Å². The van der Waals surface area contributed by atoms with Crippen LogP contribution < -0.4 is 5.32 Å². The first kappa shape index (κ1) is 12.0. The third kappa shape index (κ3) is 2.53. The van der Waals surface area contributed by atoms with Gasteiger partial charge < -0.3 is 5.32 Å². The van der Waals surface area contributed by atoms with Crippen LogP contribution in [0.1, 0.15) is 52.4 Å². The van der Waals surface area contributed by atoms with E-state index in [-0.39, 0.29) is 0 Å². The maximum absolute atomic E-state index is 3.85. The predicted octanol–water partition coefficient (Wildman–Crippen LogP) is 2.64. The van der Waals surface area contributed by atoms with Crippen LogP contribution in [0.3, 0.4) is 0 Å². The van der Waals surface area contributed by atoms with Gasteiger partial charge in [0, 0.05) is 24.7 Å². The van der Waals surface area contributed by atoms with E-state index in [1.54, 1.807) is 0 Å². The monoisotopic (exact) mass is 236 g/mol. The minimum absolute atomic E-state index is 0.411. The molecule has 0 amide bonds. The lowest BCUT2D eigenvalue weighted by Crippen LogP contribution is -2.52. The highest BCUT2D eigenvalue weighted by atomic mass is 15.2. The van der Waals surface area contributed by atoms with E-state index in [1.807, 2.05) is 0 Å². The molecule has 2 saturated carbocycles. The second-order valence-corrected chi connectivity index (χ2v) is 6.98. The molecule has 2 atom stereocenters. The van der Waals surface area contributed by atoms with E-state index in [2.05, 4.69) is 24.1 Å². The summed E-state index contributed by atoms with van der Waals surface area (Å²) in [5.41, 5.74) is 0.411. The van der Waals surface area contributed by atoms with Gasteiger partial charge in [-0.2, -0.15) is 0 Å². The average molecular weight is 236 g/mol. The normalized spacial score (nSPS) is 40.9. The quantitative estimate of drug-likeness (QED) is 0.810. The van der Waals surface area contributed by atoms with Crippen molar-refractivity contribution < 1.29 is 0 Å². The summed E-state index contributed by atoms with van der Waals surface area (Å²) in [6.07, 6.45) is 8.68. The Bertz CT molecular complexity index is 270. The first-order valence-electron chi connectivity index (χ1n) is 7.66. The first-order chi connectivity index (χ1) is 8.17. The molecule has 1 saturated heterocycles. The zero-order chi connectivity index (χ0) is 11.9. The van der Waals surface area contributed by atoms with Crippen LogP contribution >= 0.6 is 0 Å². The highest BCUT2D eigenvalue weighted by molar-refractivity contribution is 5.02. The number of rotatable bonds is 3. The maximum atomic E-state index is 3.85. The van der Waals surface area contributed by atoms with Crippen LogP contribution in [0.25, 0.3) is 0 Å². The fourth-order valence-electron chi connectivity index (χ4n) is 3.63. The number of nitrogens with zero attached hydrogens (tertiary/aromatic N) is 1. The second-order valence-electron chi connectivity index (χ2n) is 6.98. The van der Waals surface area contributed by atoms with Gasteiger partial charge in [-0.3, -0.25) is 4.90 Å². The van der Waals surface area contributed by atoms with Crippen molar-refractivity contribution in [3.63, 3.8) is 0 Å². The summed E-state index contributed by atoms with van der Waals surface area (Å²) in [7, 11) is 0. The molecule has 0 aromatic carbocycles. The Labute approximate surface area is 106 Å². The van der Waals surface area contributed by atoms with Crippen molar-refractivity contribution in [1.29, 1.82) is 0 Å². The van der Waals surface area contributed by atoms with Gasteiger partial charge in [0.05, 0.1) is 0 Å². The highest BCUT2D eigenvalue weighted by Gasteiger charge is 2.44. The highest BCUT2D eigenvalue weighted by Crippen LogP contribution is 2.41. The number of hydrogen-bond donors (Lipinski definition) is 1. The van der Waals surface area contributed by atoms with Crippen molar-refractivity contribution in [2.45, 2.75) is 64.0 Å². The fraction of sp³-hybridized carbons (Fsp3) is 1.00. The van der Waals surface area contributed by atoms with E-state index >= 15 is 0 Å². The molecule has 17 heavy (non-hydrogen) atoms. The molecule has 3 aliphatic rings. The molecule has 0 aromatic rings. The summed E-state index contributed by atoms with van der Waals surface area (Å²) < 4.78 is 0. The molecular weight excluding hydrogens is 208 g/mol. The largest absolute Gasteiger partial charge is 0.310 e. The molecule has 2 heteroatoms. The first-order valence-corrected chi connectivity index (χ1v) is 7.66. The van der Waals surface area contributed by atoms with Gasteiger partial charge in [-0.05, 0) is 64.3 Å². The zero-order valence-electron chi connectivity index (χ0n) is 11.5. The molecule has 0 spiro atoms. The number of hydrogen-bond acceptors (Lipinski definition) is 2. The van der Waals surface area contributed by atoms with E-state index in [0.29, 0.717) is 5.54 Å². The maximum Gasteiger partial charge on any atom is 0.0308 e. The third-order valence-electron chi connectivity index (χ3n) is 5.44. The van der Waals surface area contributed by atoms with Crippen LogP contribution in [-0.4, -0.2) is 36.1 Å². The Balaban J connectivity index is 1.65.